The highest BCUT2D eigenvalue weighted by molar-refractivity contribution is 6.21. The van der Waals surface area contributed by atoms with Crippen LogP contribution in [0.25, 0.3) is 0 Å². The van der Waals surface area contributed by atoms with Crippen LogP contribution in [0.15, 0.2) is 24.3 Å². The quantitative estimate of drug-likeness (QED) is 0.765. The second-order valence-electron chi connectivity index (χ2n) is 4.48. The first-order valence-electron chi connectivity index (χ1n) is 5.96. The van der Waals surface area contributed by atoms with Crippen LogP contribution in [0.5, 0.6) is 0 Å². The van der Waals surface area contributed by atoms with E-state index in [1.165, 1.54) is 0 Å². The lowest BCUT2D eigenvalue weighted by Crippen LogP contribution is -2.48. The lowest BCUT2D eigenvalue weighted by molar-refractivity contribution is -0.172. The van der Waals surface area contributed by atoms with Gasteiger partial charge in [-0.15, -0.1) is 0 Å². The molecule has 1 saturated heterocycles. The lowest BCUT2D eigenvalue weighted by atomic mass is 10.1. The molecule has 6 heteroatoms. The normalized spacial score (nSPS) is 21.0. The molecule has 1 aromatic carbocycles. The molecule has 3 rings (SSSR count). The molecule has 0 aliphatic carbocycles. The first-order chi connectivity index (χ1) is 9.17. The molecule has 0 N–H and O–H groups in total. The molecule has 0 radical (unpaired) electrons. The topological polar surface area (TPSA) is 55.8 Å². The van der Waals surface area contributed by atoms with E-state index >= 15 is 0 Å². The predicted molar refractivity (Wildman–Crippen MR) is 62.4 cm³/mol. The Hall–Kier alpha value is -1.79. The molecule has 0 spiro atoms. The Bertz CT molecular complexity index is 504. The number of carbonyl (C=O) groups excluding carboxylic acids is 2. The van der Waals surface area contributed by atoms with Gasteiger partial charge < -0.3 is 9.47 Å². The Morgan fingerprint density at radius 3 is 2.11 bits per heavy atom. The van der Waals surface area contributed by atoms with Gasteiger partial charge in [-0.1, -0.05) is 12.1 Å². The van der Waals surface area contributed by atoms with Gasteiger partial charge in [-0.05, 0) is 12.1 Å². The number of nitrogens with zero attached hydrogens (tertiary/aromatic N) is 1. The summed E-state index contributed by atoms with van der Waals surface area (Å²) in [6.45, 7) is -0.615. The molecule has 0 unspecified atom stereocenters. The number of hydrogen-bond acceptors (Lipinski definition) is 4. The minimum absolute atomic E-state index is 0.226. The maximum Gasteiger partial charge on any atom is 0.261 e. The van der Waals surface area contributed by atoms with Crippen LogP contribution >= 0.6 is 0 Å². The summed E-state index contributed by atoms with van der Waals surface area (Å²) in [7, 11) is 0. The molecular weight excluding hydrogens is 253 g/mol. The van der Waals surface area contributed by atoms with E-state index < -0.39 is 24.3 Å². The lowest BCUT2D eigenvalue weighted by Gasteiger charge is -2.27. The van der Waals surface area contributed by atoms with Crippen molar-refractivity contribution in [2.45, 2.75) is 5.79 Å². The van der Waals surface area contributed by atoms with Crippen molar-refractivity contribution in [3.63, 3.8) is 0 Å². The average Bonchev–Trinajstić information content (AvgIpc) is 3.00. The molecular formula is C13H12FNO4. The van der Waals surface area contributed by atoms with Gasteiger partial charge >= 0.3 is 0 Å². The zero-order chi connectivity index (χ0) is 13.5. The Morgan fingerprint density at radius 2 is 1.63 bits per heavy atom. The van der Waals surface area contributed by atoms with E-state index in [1.54, 1.807) is 24.3 Å². The van der Waals surface area contributed by atoms with Gasteiger partial charge in [-0.2, -0.15) is 0 Å². The monoisotopic (exact) mass is 265 g/mol. The van der Waals surface area contributed by atoms with Crippen LogP contribution < -0.4 is 0 Å². The van der Waals surface area contributed by atoms with Crippen molar-refractivity contribution in [1.29, 1.82) is 0 Å². The Kier molecular flexibility index (Phi) is 2.83. The summed E-state index contributed by atoms with van der Waals surface area (Å²) in [6.07, 6.45) is 0. The number of halogens is 1. The van der Waals surface area contributed by atoms with Crippen LogP contribution in [-0.2, 0) is 9.47 Å². The second kappa shape index (κ2) is 4.40. The van der Waals surface area contributed by atoms with Crippen molar-refractivity contribution in [3.8, 4) is 0 Å². The van der Waals surface area contributed by atoms with Crippen LogP contribution in [0, 0.1) is 0 Å². The van der Waals surface area contributed by atoms with Crippen LogP contribution in [0.1, 0.15) is 20.7 Å². The third-order valence-corrected chi connectivity index (χ3v) is 3.29. The summed E-state index contributed by atoms with van der Waals surface area (Å²) in [5.74, 6) is -2.38. The minimum Gasteiger partial charge on any atom is -0.344 e. The van der Waals surface area contributed by atoms with E-state index in [9.17, 15) is 14.0 Å². The Morgan fingerprint density at radius 1 is 1.11 bits per heavy atom. The number of fused-ring (bicyclic) bond motifs is 1. The minimum atomic E-state index is -1.51. The molecule has 0 atom stereocenters. The van der Waals surface area contributed by atoms with E-state index in [0.29, 0.717) is 11.1 Å². The highest BCUT2D eigenvalue weighted by Crippen LogP contribution is 2.28. The molecule has 5 nitrogen and oxygen atoms in total. The zero-order valence-corrected chi connectivity index (χ0v) is 10.1. The van der Waals surface area contributed by atoms with Gasteiger partial charge in [0, 0.05) is 0 Å². The van der Waals surface area contributed by atoms with Crippen LogP contribution in [0.4, 0.5) is 4.39 Å². The number of rotatable bonds is 3. The van der Waals surface area contributed by atoms with Gasteiger partial charge in [0.15, 0.2) is 0 Å². The van der Waals surface area contributed by atoms with E-state index in [0.717, 1.165) is 4.90 Å². The summed E-state index contributed by atoms with van der Waals surface area (Å²) >= 11 is 0. The van der Waals surface area contributed by atoms with Gasteiger partial charge in [0.05, 0.1) is 30.9 Å². The number of benzene rings is 1. The largest absolute Gasteiger partial charge is 0.344 e. The number of amides is 2. The molecule has 0 bridgehead atoms. The number of alkyl halides is 1. The summed E-state index contributed by atoms with van der Waals surface area (Å²) in [5, 5.41) is 0. The predicted octanol–water partition coefficient (Wildman–Crippen LogP) is 0.995. The van der Waals surface area contributed by atoms with Crippen molar-refractivity contribution in [3.05, 3.63) is 35.4 Å². The molecule has 2 aliphatic heterocycles. The van der Waals surface area contributed by atoms with Crippen molar-refractivity contribution >= 4 is 11.8 Å². The van der Waals surface area contributed by atoms with Crippen molar-refractivity contribution in [1.82, 2.24) is 4.90 Å². The van der Waals surface area contributed by atoms with Gasteiger partial charge in [-0.3, -0.25) is 14.5 Å². The Balaban J connectivity index is 1.88. The molecule has 19 heavy (non-hydrogen) atoms. The number of imide groups is 1. The van der Waals surface area contributed by atoms with Crippen molar-refractivity contribution in [2.24, 2.45) is 0 Å². The number of hydrogen-bond donors (Lipinski definition) is 0. The van der Waals surface area contributed by atoms with Crippen molar-refractivity contribution in [2.75, 3.05) is 26.4 Å². The van der Waals surface area contributed by atoms with E-state index in [1.807, 2.05) is 0 Å². The van der Waals surface area contributed by atoms with E-state index in [-0.39, 0.29) is 19.8 Å². The molecule has 2 heterocycles. The molecule has 0 saturated carbocycles. The van der Waals surface area contributed by atoms with E-state index in [2.05, 4.69) is 0 Å². The van der Waals surface area contributed by atoms with Gasteiger partial charge in [0.1, 0.15) is 6.67 Å². The summed E-state index contributed by atoms with van der Waals surface area (Å²) in [6, 6.07) is 6.52. The summed E-state index contributed by atoms with van der Waals surface area (Å²) in [5.41, 5.74) is 0.666. The summed E-state index contributed by atoms with van der Waals surface area (Å²) in [4.78, 5) is 25.2. The highest BCUT2D eigenvalue weighted by atomic mass is 19.1. The summed E-state index contributed by atoms with van der Waals surface area (Å²) < 4.78 is 23.5. The molecule has 100 valence electrons. The van der Waals surface area contributed by atoms with Gasteiger partial charge in [0.2, 0.25) is 5.79 Å². The fourth-order valence-corrected chi connectivity index (χ4v) is 2.33. The first-order valence-corrected chi connectivity index (χ1v) is 5.96. The standard InChI is InChI=1S/C13H12FNO4/c14-7-13(18-5-6-19-13)8-15-11(16)9-3-1-2-4-10(9)12(15)17/h1-4H,5-8H2. The van der Waals surface area contributed by atoms with E-state index in [4.69, 9.17) is 9.47 Å². The molecule has 2 amide bonds. The molecule has 0 aromatic heterocycles. The zero-order valence-electron chi connectivity index (χ0n) is 10.1. The van der Waals surface area contributed by atoms with Gasteiger partial charge in [0.25, 0.3) is 11.8 Å². The first kappa shape index (κ1) is 12.3. The van der Waals surface area contributed by atoms with Crippen LogP contribution in [-0.4, -0.2) is 48.9 Å². The molecule has 2 aliphatic rings. The third-order valence-electron chi connectivity index (χ3n) is 3.29. The van der Waals surface area contributed by atoms with Crippen molar-refractivity contribution < 1.29 is 23.5 Å². The maximum absolute atomic E-state index is 13.1. The maximum atomic E-state index is 13.1. The van der Waals surface area contributed by atoms with Crippen LogP contribution in [0.3, 0.4) is 0 Å². The fourth-order valence-electron chi connectivity index (χ4n) is 2.33. The smallest absolute Gasteiger partial charge is 0.261 e. The second-order valence-corrected chi connectivity index (χ2v) is 4.48. The third kappa shape index (κ3) is 1.84. The highest BCUT2D eigenvalue weighted by Gasteiger charge is 2.45. The average molecular weight is 265 g/mol. The Labute approximate surface area is 108 Å². The van der Waals surface area contributed by atoms with Gasteiger partial charge in [-0.25, -0.2) is 4.39 Å². The number of ether oxygens (including phenoxy) is 2. The van der Waals surface area contributed by atoms with Crippen LogP contribution in [0.2, 0.25) is 0 Å². The number of carbonyl (C=O) groups is 2. The molecule has 1 aromatic rings. The SMILES string of the molecule is O=C1c2ccccc2C(=O)N1CC1(CF)OCCO1. The molecule has 1 fully saturated rings. The fraction of sp³-hybridized carbons (Fsp3) is 0.385.